The molecule has 23 heavy (non-hydrogen) atoms. The SMILES string of the molecule is CCCCN1C(=O)C(=O)N(c2cc(Cl)c(OC)cc2OC)C1=O. The van der Waals surface area contributed by atoms with Crippen LogP contribution in [0.4, 0.5) is 10.5 Å². The van der Waals surface area contributed by atoms with E-state index in [0.717, 1.165) is 16.2 Å². The highest BCUT2D eigenvalue weighted by molar-refractivity contribution is 6.53. The molecule has 0 saturated carbocycles. The molecular formula is C15H17ClN2O5. The van der Waals surface area contributed by atoms with E-state index in [1.165, 1.54) is 26.4 Å². The number of halogens is 1. The van der Waals surface area contributed by atoms with E-state index in [2.05, 4.69) is 0 Å². The number of methoxy groups -OCH3 is 2. The predicted octanol–water partition coefficient (Wildman–Crippen LogP) is 2.45. The monoisotopic (exact) mass is 340 g/mol. The molecule has 1 fully saturated rings. The Morgan fingerprint density at radius 3 is 2.26 bits per heavy atom. The van der Waals surface area contributed by atoms with Gasteiger partial charge in [-0.15, -0.1) is 0 Å². The van der Waals surface area contributed by atoms with Crippen molar-refractivity contribution in [3.8, 4) is 11.5 Å². The zero-order valence-corrected chi connectivity index (χ0v) is 13.8. The maximum absolute atomic E-state index is 12.4. The van der Waals surface area contributed by atoms with Crippen LogP contribution in [0.2, 0.25) is 5.02 Å². The van der Waals surface area contributed by atoms with Gasteiger partial charge in [-0.25, -0.2) is 9.69 Å². The molecule has 124 valence electrons. The highest BCUT2D eigenvalue weighted by Gasteiger charge is 2.46. The smallest absolute Gasteiger partial charge is 0.339 e. The minimum atomic E-state index is -0.925. The molecule has 1 saturated heterocycles. The molecule has 1 aromatic rings. The lowest BCUT2D eigenvalue weighted by atomic mass is 10.2. The van der Waals surface area contributed by atoms with E-state index in [4.69, 9.17) is 21.1 Å². The largest absolute Gasteiger partial charge is 0.495 e. The van der Waals surface area contributed by atoms with Crippen molar-refractivity contribution in [3.63, 3.8) is 0 Å². The van der Waals surface area contributed by atoms with Crippen molar-refractivity contribution in [1.29, 1.82) is 0 Å². The summed E-state index contributed by atoms with van der Waals surface area (Å²) in [5, 5.41) is 0.198. The van der Waals surface area contributed by atoms with E-state index in [9.17, 15) is 14.4 Å². The lowest BCUT2D eigenvalue weighted by molar-refractivity contribution is -0.139. The number of carbonyl (C=O) groups excluding carboxylic acids is 3. The Balaban J connectivity index is 2.45. The number of benzene rings is 1. The first-order valence-electron chi connectivity index (χ1n) is 7.07. The van der Waals surface area contributed by atoms with E-state index < -0.39 is 17.8 Å². The van der Waals surface area contributed by atoms with Crippen molar-refractivity contribution < 1.29 is 23.9 Å². The van der Waals surface area contributed by atoms with Crippen LogP contribution in [-0.2, 0) is 9.59 Å². The molecule has 0 N–H and O–H groups in total. The summed E-state index contributed by atoms with van der Waals surface area (Å²) in [7, 11) is 2.82. The molecule has 1 aromatic carbocycles. The van der Waals surface area contributed by atoms with E-state index >= 15 is 0 Å². The van der Waals surface area contributed by atoms with Crippen molar-refractivity contribution in [1.82, 2.24) is 4.90 Å². The fourth-order valence-electron chi connectivity index (χ4n) is 2.25. The molecule has 1 aliphatic heterocycles. The maximum atomic E-state index is 12.4. The van der Waals surface area contributed by atoms with Crippen LogP contribution in [0, 0.1) is 0 Å². The average Bonchev–Trinajstić information content (AvgIpc) is 2.75. The summed E-state index contributed by atoms with van der Waals surface area (Å²) in [4.78, 5) is 38.4. The average molecular weight is 341 g/mol. The normalized spacial score (nSPS) is 14.7. The molecular weight excluding hydrogens is 324 g/mol. The molecule has 0 spiro atoms. The Morgan fingerprint density at radius 2 is 1.70 bits per heavy atom. The van der Waals surface area contributed by atoms with E-state index in [1.807, 2.05) is 6.92 Å². The molecule has 0 aliphatic carbocycles. The number of rotatable bonds is 6. The van der Waals surface area contributed by atoms with E-state index in [-0.39, 0.29) is 23.0 Å². The van der Waals surface area contributed by atoms with E-state index in [1.54, 1.807) is 0 Å². The van der Waals surface area contributed by atoms with Gasteiger partial charge in [0, 0.05) is 12.6 Å². The summed E-state index contributed by atoms with van der Waals surface area (Å²) in [6.07, 6.45) is 1.42. The molecule has 0 bridgehead atoms. The number of nitrogens with zero attached hydrogens (tertiary/aromatic N) is 2. The van der Waals surface area contributed by atoms with Gasteiger partial charge in [0.2, 0.25) is 0 Å². The molecule has 8 heteroatoms. The predicted molar refractivity (Wildman–Crippen MR) is 84.1 cm³/mol. The van der Waals surface area contributed by atoms with Gasteiger partial charge in [0.05, 0.1) is 24.9 Å². The number of anilines is 1. The maximum Gasteiger partial charge on any atom is 0.339 e. The molecule has 1 heterocycles. The van der Waals surface area contributed by atoms with Crippen LogP contribution in [0.5, 0.6) is 11.5 Å². The van der Waals surface area contributed by atoms with Gasteiger partial charge in [-0.2, -0.15) is 0 Å². The molecule has 7 nitrogen and oxygen atoms in total. The molecule has 4 amide bonds. The molecule has 0 unspecified atom stereocenters. The zero-order chi connectivity index (χ0) is 17.1. The zero-order valence-electron chi connectivity index (χ0n) is 13.1. The van der Waals surface area contributed by atoms with Gasteiger partial charge in [-0.3, -0.25) is 14.5 Å². The molecule has 0 radical (unpaired) electrons. The second-order valence-corrected chi connectivity index (χ2v) is 5.30. The van der Waals surface area contributed by atoms with Crippen molar-refractivity contribution in [2.45, 2.75) is 19.8 Å². The van der Waals surface area contributed by atoms with Crippen molar-refractivity contribution in [2.75, 3.05) is 25.7 Å². The first-order chi connectivity index (χ1) is 11.0. The number of urea groups is 1. The number of carbonyl (C=O) groups is 3. The number of hydrogen-bond donors (Lipinski definition) is 0. The van der Waals surface area contributed by atoms with Gasteiger partial charge in [0.25, 0.3) is 0 Å². The van der Waals surface area contributed by atoms with Gasteiger partial charge in [-0.1, -0.05) is 24.9 Å². The summed E-state index contributed by atoms with van der Waals surface area (Å²) in [6, 6.07) is 2.12. The van der Waals surface area contributed by atoms with Crippen molar-refractivity contribution >= 4 is 35.1 Å². The van der Waals surface area contributed by atoms with Gasteiger partial charge >= 0.3 is 17.8 Å². The standard InChI is InChI=1S/C15H17ClN2O5/c1-4-5-6-17-13(19)14(20)18(15(17)21)10-7-9(16)11(22-2)8-12(10)23-3/h7-8H,4-6H2,1-3H3. The second kappa shape index (κ2) is 6.87. The van der Waals surface area contributed by atoms with Crippen LogP contribution in [0.1, 0.15) is 19.8 Å². The minimum Gasteiger partial charge on any atom is -0.495 e. The lowest BCUT2D eigenvalue weighted by Gasteiger charge is -2.19. The first-order valence-corrected chi connectivity index (χ1v) is 7.45. The number of ether oxygens (including phenoxy) is 2. The van der Waals surface area contributed by atoms with Crippen molar-refractivity contribution in [3.05, 3.63) is 17.2 Å². The Morgan fingerprint density at radius 1 is 1.04 bits per heavy atom. The van der Waals surface area contributed by atoms with Crippen LogP contribution in [0.3, 0.4) is 0 Å². The van der Waals surface area contributed by atoms with Crippen molar-refractivity contribution in [2.24, 2.45) is 0 Å². The summed E-state index contributed by atoms with van der Waals surface area (Å²) < 4.78 is 10.3. The Bertz CT molecular complexity index is 662. The lowest BCUT2D eigenvalue weighted by Crippen LogP contribution is -2.34. The Hall–Kier alpha value is -2.28. The third kappa shape index (κ3) is 2.96. The summed E-state index contributed by atoms with van der Waals surface area (Å²) in [6.45, 7) is 2.12. The summed E-state index contributed by atoms with van der Waals surface area (Å²) in [5.74, 6) is -1.23. The fraction of sp³-hybridized carbons (Fsp3) is 0.400. The van der Waals surface area contributed by atoms with Crippen LogP contribution >= 0.6 is 11.6 Å². The number of amides is 4. The first kappa shape index (κ1) is 17.1. The number of imide groups is 2. The number of hydrogen-bond acceptors (Lipinski definition) is 5. The van der Waals surface area contributed by atoms with Crippen LogP contribution in [0.15, 0.2) is 12.1 Å². The Kier molecular flexibility index (Phi) is 5.10. The molecule has 0 atom stereocenters. The summed E-state index contributed by atoms with van der Waals surface area (Å²) in [5.41, 5.74) is 0.112. The van der Waals surface area contributed by atoms with Crippen LogP contribution < -0.4 is 14.4 Å². The Labute approximate surface area is 138 Å². The highest BCUT2D eigenvalue weighted by atomic mass is 35.5. The van der Waals surface area contributed by atoms with E-state index in [0.29, 0.717) is 12.2 Å². The molecule has 1 aliphatic rings. The topological polar surface area (TPSA) is 76.2 Å². The molecule has 0 aromatic heterocycles. The van der Waals surface area contributed by atoms with Gasteiger partial charge in [-0.05, 0) is 12.5 Å². The van der Waals surface area contributed by atoms with Gasteiger partial charge < -0.3 is 9.47 Å². The summed E-state index contributed by atoms with van der Waals surface area (Å²) >= 11 is 6.06. The quantitative estimate of drug-likeness (QED) is 0.587. The second-order valence-electron chi connectivity index (χ2n) is 4.89. The number of unbranched alkanes of at least 4 members (excludes halogenated alkanes) is 1. The highest BCUT2D eigenvalue weighted by Crippen LogP contribution is 2.39. The third-order valence-corrected chi connectivity index (χ3v) is 3.78. The third-order valence-electron chi connectivity index (χ3n) is 3.48. The minimum absolute atomic E-state index is 0.112. The molecule has 2 rings (SSSR count). The van der Waals surface area contributed by atoms with Gasteiger partial charge in [0.1, 0.15) is 11.5 Å². The van der Waals surface area contributed by atoms with Crippen LogP contribution in [-0.4, -0.2) is 43.5 Å². The fourth-order valence-corrected chi connectivity index (χ4v) is 2.49. The van der Waals surface area contributed by atoms with Crippen LogP contribution in [0.25, 0.3) is 0 Å². The van der Waals surface area contributed by atoms with Gasteiger partial charge in [0.15, 0.2) is 0 Å².